The van der Waals surface area contributed by atoms with Crippen molar-refractivity contribution in [2.45, 2.75) is 30.6 Å². The van der Waals surface area contributed by atoms with Crippen LogP contribution in [0.4, 0.5) is 32.0 Å². The molecule has 0 bridgehead atoms. The number of halogens is 6. The lowest BCUT2D eigenvalue weighted by molar-refractivity contribution is -0.143. The molecule has 208 valence electrons. The minimum absolute atomic E-state index is 0.0311. The highest BCUT2D eigenvalue weighted by molar-refractivity contribution is 5.95. The van der Waals surface area contributed by atoms with Crippen LogP contribution in [0.2, 0.25) is 0 Å². The van der Waals surface area contributed by atoms with E-state index < -0.39 is 35.0 Å². The molecule has 39 heavy (non-hydrogen) atoms. The summed E-state index contributed by atoms with van der Waals surface area (Å²) >= 11 is 0. The van der Waals surface area contributed by atoms with Gasteiger partial charge in [-0.15, -0.1) is 0 Å². The molecule has 0 aliphatic carbocycles. The fraction of sp³-hybridized carbons (Fsp3) is 0.345. The molecule has 3 aromatic rings. The van der Waals surface area contributed by atoms with Gasteiger partial charge in [-0.2, -0.15) is 26.3 Å². The van der Waals surface area contributed by atoms with Crippen molar-refractivity contribution in [2.24, 2.45) is 0 Å². The highest BCUT2D eigenvalue weighted by atomic mass is 19.4. The van der Waals surface area contributed by atoms with Crippen molar-refractivity contribution in [3.63, 3.8) is 0 Å². The van der Waals surface area contributed by atoms with Gasteiger partial charge in [0.1, 0.15) is 0 Å². The standard InChI is InChI=1S/C29H28F6N2O2/c1-39-14-12-36-26-10-6-5-9-24(26)23-11-13-37(18-25(23)19-7-3-2-4-8-19)27(38)20-15-21(28(30,31)32)17-22(16-20)29(33,34)35/h2-10,15-17,23,25,36H,11-14,18H2,1H3/t23-,25+/m1/s1. The van der Waals surface area contributed by atoms with Crippen molar-refractivity contribution in [2.75, 3.05) is 38.7 Å². The molecule has 1 N–H and O–H groups in total. The number of ether oxygens (including phenoxy) is 1. The number of methoxy groups -OCH3 is 1. The summed E-state index contributed by atoms with van der Waals surface area (Å²) in [4.78, 5) is 14.7. The van der Waals surface area contributed by atoms with Crippen molar-refractivity contribution < 1.29 is 35.9 Å². The topological polar surface area (TPSA) is 41.6 Å². The van der Waals surface area contributed by atoms with Crippen LogP contribution >= 0.6 is 0 Å². The second-order valence-corrected chi connectivity index (χ2v) is 9.46. The van der Waals surface area contributed by atoms with Crippen molar-refractivity contribution in [3.8, 4) is 0 Å². The second-order valence-electron chi connectivity index (χ2n) is 9.46. The van der Waals surface area contributed by atoms with Crippen LogP contribution in [0.25, 0.3) is 0 Å². The number of para-hydroxylation sites is 1. The normalized spacial score (nSPS) is 18.2. The van der Waals surface area contributed by atoms with Crippen LogP contribution in [0.15, 0.2) is 72.8 Å². The number of anilines is 1. The third kappa shape index (κ3) is 6.73. The van der Waals surface area contributed by atoms with Gasteiger partial charge in [-0.1, -0.05) is 48.5 Å². The monoisotopic (exact) mass is 550 g/mol. The van der Waals surface area contributed by atoms with Gasteiger partial charge in [0.25, 0.3) is 5.91 Å². The molecule has 0 radical (unpaired) electrons. The zero-order valence-corrected chi connectivity index (χ0v) is 21.1. The molecule has 1 aliphatic rings. The van der Waals surface area contributed by atoms with Gasteiger partial charge in [-0.3, -0.25) is 4.79 Å². The number of nitrogens with zero attached hydrogens (tertiary/aromatic N) is 1. The van der Waals surface area contributed by atoms with Crippen LogP contribution in [0, 0.1) is 0 Å². The summed E-state index contributed by atoms with van der Waals surface area (Å²) in [5, 5.41) is 3.37. The minimum atomic E-state index is -5.03. The van der Waals surface area contributed by atoms with Gasteiger partial charge in [0.15, 0.2) is 0 Å². The van der Waals surface area contributed by atoms with Gasteiger partial charge in [0, 0.05) is 43.9 Å². The van der Waals surface area contributed by atoms with E-state index in [0.717, 1.165) is 16.8 Å². The fourth-order valence-corrected chi connectivity index (χ4v) is 5.08. The quantitative estimate of drug-likeness (QED) is 0.250. The molecule has 1 heterocycles. The van der Waals surface area contributed by atoms with Gasteiger partial charge in [-0.25, -0.2) is 0 Å². The number of hydrogen-bond donors (Lipinski definition) is 1. The zero-order chi connectivity index (χ0) is 28.2. The molecular weight excluding hydrogens is 522 g/mol. The number of hydrogen-bond acceptors (Lipinski definition) is 3. The van der Waals surface area contributed by atoms with Crippen molar-refractivity contribution >= 4 is 11.6 Å². The maximum atomic E-state index is 13.4. The molecule has 2 atom stereocenters. The summed E-state index contributed by atoms with van der Waals surface area (Å²) in [5.41, 5.74) is -0.797. The molecule has 10 heteroatoms. The third-order valence-corrected chi connectivity index (χ3v) is 6.94. The molecule has 3 aromatic carbocycles. The first-order valence-corrected chi connectivity index (χ1v) is 12.4. The van der Waals surface area contributed by atoms with Crippen molar-refractivity contribution in [1.82, 2.24) is 4.90 Å². The zero-order valence-electron chi connectivity index (χ0n) is 21.1. The van der Waals surface area contributed by atoms with Crippen LogP contribution in [0.3, 0.4) is 0 Å². The van der Waals surface area contributed by atoms with Gasteiger partial charge >= 0.3 is 12.4 Å². The van der Waals surface area contributed by atoms with Crippen molar-refractivity contribution in [3.05, 3.63) is 101 Å². The van der Waals surface area contributed by atoms with Crippen LogP contribution in [0.5, 0.6) is 0 Å². The molecule has 1 fully saturated rings. The molecule has 1 saturated heterocycles. The van der Waals surface area contributed by atoms with E-state index in [1.165, 1.54) is 4.90 Å². The Morgan fingerprint density at radius 3 is 2.13 bits per heavy atom. The average Bonchev–Trinajstić information content (AvgIpc) is 2.92. The predicted molar refractivity (Wildman–Crippen MR) is 136 cm³/mol. The number of carbonyl (C=O) groups excluding carboxylic acids is 1. The lowest BCUT2D eigenvalue weighted by atomic mass is 9.76. The maximum Gasteiger partial charge on any atom is 0.416 e. The van der Waals surface area contributed by atoms with Crippen LogP contribution in [0.1, 0.15) is 50.9 Å². The molecule has 1 amide bonds. The highest BCUT2D eigenvalue weighted by Crippen LogP contribution is 2.43. The van der Waals surface area contributed by atoms with E-state index in [2.05, 4.69) is 5.32 Å². The van der Waals surface area contributed by atoms with Gasteiger partial charge in [0.05, 0.1) is 17.7 Å². The number of alkyl halides is 6. The van der Waals surface area contributed by atoms with Crippen LogP contribution < -0.4 is 5.32 Å². The summed E-state index contributed by atoms with van der Waals surface area (Å²) in [5.74, 6) is -1.14. The van der Waals surface area contributed by atoms with E-state index in [9.17, 15) is 31.1 Å². The maximum absolute atomic E-state index is 13.4. The molecule has 0 spiro atoms. The Hall–Kier alpha value is -3.53. The molecular formula is C29H28F6N2O2. The molecule has 0 saturated carbocycles. The fourth-order valence-electron chi connectivity index (χ4n) is 5.08. The van der Waals surface area contributed by atoms with E-state index in [1.807, 2.05) is 54.6 Å². The number of rotatable bonds is 7. The number of piperidine rings is 1. The van der Waals surface area contributed by atoms with E-state index in [1.54, 1.807) is 7.11 Å². The Labute approximate surface area is 222 Å². The highest BCUT2D eigenvalue weighted by Gasteiger charge is 2.39. The van der Waals surface area contributed by atoms with E-state index in [0.29, 0.717) is 31.7 Å². The Bertz CT molecular complexity index is 1240. The van der Waals surface area contributed by atoms with Gasteiger partial charge in [-0.05, 0) is 47.7 Å². The average molecular weight is 551 g/mol. The van der Waals surface area contributed by atoms with Gasteiger partial charge < -0.3 is 15.0 Å². The molecule has 1 aliphatic heterocycles. The first kappa shape index (κ1) is 28.5. The smallest absolute Gasteiger partial charge is 0.383 e. The Balaban J connectivity index is 1.68. The summed E-state index contributed by atoms with van der Waals surface area (Å²) in [7, 11) is 1.60. The van der Waals surface area contributed by atoms with E-state index in [-0.39, 0.29) is 31.0 Å². The first-order valence-electron chi connectivity index (χ1n) is 12.4. The summed E-state index contributed by atoms with van der Waals surface area (Å²) in [6.45, 7) is 1.40. The molecule has 4 rings (SSSR count). The Kier molecular flexibility index (Phi) is 8.54. The van der Waals surface area contributed by atoms with E-state index in [4.69, 9.17) is 4.74 Å². The number of carbonyl (C=O) groups is 1. The third-order valence-electron chi connectivity index (χ3n) is 6.94. The summed E-state index contributed by atoms with van der Waals surface area (Å²) < 4.78 is 85.6. The lowest BCUT2D eigenvalue weighted by Crippen LogP contribution is -2.42. The number of benzene rings is 3. The Morgan fingerprint density at radius 2 is 1.51 bits per heavy atom. The number of likely N-dealkylation sites (tertiary alicyclic amines) is 1. The van der Waals surface area contributed by atoms with Crippen LogP contribution in [-0.4, -0.2) is 44.2 Å². The first-order chi connectivity index (χ1) is 18.5. The summed E-state index contributed by atoms with van der Waals surface area (Å²) in [6.07, 6.45) is -9.59. The molecule has 4 nitrogen and oxygen atoms in total. The summed E-state index contributed by atoms with van der Waals surface area (Å²) in [6, 6.07) is 18.2. The van der Waals surface area contributed by atoms with Crippen LogP contribution in [-0.2, 0) is 17.1 Å². The number of nitrogens with one attached hydrogen (secondary N) is 1. The lowest BCUT2D eigenvalue weighted by Gasteiger charge is -2.40. The largest absolute Gasteiger partial charge is 0.416 e. The number of amides is 1. The molecule has 0 unspecified atom stereocenters. The molecule has 0 aromatic heterocycles. The predicted octanol–water partition coefficient (Wildman–Crippen LogP) is 7.20. The van der Waals surface area contributed by atoms with Crippen molar-refractivity contribution in [1.29, 1.82) is 0 Å². The second kappa shape index (κ2) is 11.7. The van der Waals surface area contributed by atoms with E-state index >= 15 is 0 Å². The SMILES string of the molecule is COCCNc1ccccc1[C@H]1CCN(C(=O)c2cc(C(F)(F)F)cc(C(F)(F)F)c2)C[C@H]1c1ccccc1. The Morgan fingerprint density at radius 1 is 0.897 bits per heavy atom. The minimum Gasteiger partial charge on any atom is -0.383 e. The van der Waals surface area contributed by atoms with Gasteiger partial charge in [0.2, 0.25) is 0 Å².